The number of benzene rings is 3. The van der Waals surface area contributed by atoms with Crippen LogP contribution in [0.4, 0.5) is 0 Å². The molecule has 0 aliphatic carbocycles. The topological polar surface area (TPSA) is 49.4 Å². The molecular weight excluding hydrogens is 476 g/mol. The van der Waals surface area contributed by atoms with Gasteiger partial charge >= 0.3 is 0 Å². The Morgan fingerprint density at radius 2 is 1.60 bits per heavy atom. The average molecular weight is 509 g/mol. The van der Waals surface area contributed by atoms with E-state index in [-0.39, 0.29) is 17.6 Å². The van der Waals surface area contributed by atoms with Crippen molar-refractivity contribution in [1.82, 2.24) is 10.2 Å². The Balaban J connectivity index is 1.83. The smallest absolute Gasteiger partial charge is 0.243 e. The Morgan fingerprint density at radius 1 is 0.914 bits per heavy atom. The van der Waals surface area contributed by atoms with Crippen LogP contribution >= 0.6 is 23.4 Å². The van der Waals surface area contributed by atoms with Crippen LogP contribution < -0.4 is 5.32 Å². The first-order valence-electron chi connectivity index (χ1n) is 11.9. The SMILES string of the molecule is CCNC(=O)[C@H](Cc1ccccc1)N(Cc1cccc(Cl)c1)C(=O)CSCc1cc(C)cc(C)c1. The van der Waals surface area contributed by atoms with Crippen molar-refractivity contribution in [3.05, 3.63) is 106 Å². The molecule has 3 aromatic carbocycles. The van der Waals surface area contributed by atoms with Gasteiger partial charge < -0.3 is 10.2 Å². The minimum absolute atomic E-state index is 0.0634. The van der Waals surface area contributed by atoms with Gasteiger partial charge in [0.1, 0.15) is 6.04 Å². The molecule has 0 heterocycles. The Hall–Kier alpha value is -2.76. The molecule has 0 unspecified atom stereocenters. The molecule has 2 amide bonds. The number of rotatable bonds is 11. The van der Waals surface area contributed by atoms with Gasteiger partial charge in [-0.05, 0) is 49.6 Å². The van der Waals surface area contributed by atoms with Crippen molar-refractivity contribution < 1.29 is 9.59 Å². The van der Waals surface area contributed by atoms with Crippen LogP contribution in [0.2, 0.25) is 5.02 Å². The lowest BCUT2D eigenvalue weighted by atomic mass is 10.0. The van der Waals surface area contributed by atoms with Crippen molar-refractivity contribution >= 4 is 35.2 Å². The highest BCUT2D eigenvalue weighted by molar-refractivity contribution is 7.99. The first-order valence-corrected chi connectivity index (χ1v) is 13.4. The predicted molar refractivity (Wildman–Crippen MR) is 147 cm³/mol. The summed E-state index contributed by atoms with van der Waals surface area (Å²) in [6, 6.07) is 23.1. The molecular formula is C29H33ClN2O2S. The lowest BCUT2D eigenvalue weighted by Crippen LogP contribution is -2.51. The van der Waals surface area contributed by atoms with Gasteiger partial charge in [-0.2, -0.15) is 0 Å². The van der Waals surface area contributed by atoms with E-state index in [9.17, 15) is 9.59 Å². The highest BCUT2D eigenvalue weighted by Gasteiger charge is 2.30. The van der Waals surface area contributed by atoms with E-state index in [4.69, 9.17) is 11.6 Å². The molecule has 0 spiro atoms. The van der Waals surface area contributed by atoms with E-state index in [1.165, 1.54) is 16.7 Å². The van der Waals surface area contributed by atoms with Gasteiger partial charge in [-0.25, -0.2) is 0 Å². The summed E-state index contributed by atoms with van der Waals surface area (Å²) in [5.74, 6) is 0.819. The second-order valence-corrected chi connectivity index (χ2v) is 10.2. The Morgan fingerprint density at radius 3 is 2.26 bits per heavy atom. The maximum atomic E-state index is 13.6. The molecule has 0 radical (unpaired) electrons. The van der Waals surface area contributed by atoms with E-state index < -0.39 is 6.04 Å². The van der Waals surface area contributed by atoms with E-state index in [0.29, 0.717) is 24.5 Å². The zero-order valence-electron chi connectivity index (χ0n) is 20.6. The summed E-state index contributed by atoms with van der Waals surface area (Å²) in [5, 5.41) is 3.54. The van der Waals surface area contributed by atoms with Crippen LogP contribution in [0, 0.1) is 13.8 Å². The van der Waals surface area contributed by atoms with Crippen LogP contribution in [-0.4, -0.2) is 35.1 Å². The number of hydrogen-bond acceptors (Lipinski definition) is 3. The normalized spacial score (nSPS) is 11.7. The molecule has 0 aliphatic heterocycles. The minimum atomic E-state index is -0.620. The molecule has 0 aliphatic rings. The molecule has 0 fully saturated rings. The maximum absolute atomic E-state index is 13.6. The number of carbonyl (C=O) groups excluding carboxylic acids is 2. The molecule has 3 rings (SSSR count). The highest BCUT2D eigenvalue weighted by Crippen LogP contribution is 2.21. The molecule has 4 nitrogen and oxygen atoms in total. The summed E-state index contributed by atoms with van der Waals surface area (Å²) in [7, 11) is 0. The fourth-order valence-corrected chi connectivity index (χ4v) is 5.23. The number of amides is 2. The first-order chi connectivity index (χ1) is 16.9. The number of hydrogen-bond donors (Lipinski definition) is 1. The Labute approximate surface area is 218 Å². The maximum Gasteiger partial charge on any atom is 0.243 e. The van der Waals surface area contributed by atoms with Gasteiger partial charge in [-0.3, -0.25) is 9.59 Å². The minimum Gasteiger partial charge on any atom is -0.355 e. The van der Waals surface area contributed by atoms with Crippen molar-refractivity contribution in [3.8, 4) is 0 Å². The quantitative estimate of drug-likeness (QED) is 0.347. The number of likely N-dealkylation sites (N-methyl/N-ethyl adjacent to an activating group) is 1. The third-order valence-corrected chi connectivity index (χ3v) is 6.86. The summed E-state index contributed by atoms with van der Waals surface area (Å²) >= 11 is 7.79. The molecule has 3 aromatic rings. The average Bonchev–Trinajstić information content (AvgIpc) is 2.81. The molecule has 0 aromatic heterocycles. The monoisotopic (exact) mass is 508 g/mol. The second kappa shape index (κ2) is 13.4. The molecule has 0 saturated heterocycles. The third kappa shape index (κ3) is 8.44. The number of carbonyl (C=O) groups is 2. The standard InChI is InChI=1S/C29H33ClN2O2S/c1-4-31-29(34)27(17-23-9-6-5-7-10-23)32(18-24-11-8-12-26(30)16-24)28(33)20-35-19-25-14-21(2)13-22(3)15-25/h5-16,27H,4,17-20H2,1-3H3,(H,31,34)/t27-/m0/s1. The summed E-state index contributed by atoms with van der Waals surface area (Å²) in [6.45, 7) is 6.88. The molecule has 0 bridgehead atoms. The lowest BCUT2D eigenvalue weighted by molar-refractivity contribution is -0.139. The molecule has 184 valence electrons. The van der Waals surface area contributed by atoms with Crippen molar-refractivity contribution in [2.75, 3.05) is 12.3 Å². The van der Waals surface area contributed by atoms with E-state index in [0.717, 1.165) is 16.9 Å². The number of halogens is 1. The van der Waals surface area contributed by atoms with E-state index >= 15 is 0 Å². The van der Waals surface area contributed by atoms with Gasteiger partial charge in [0, 0.05) is 30.3 Å². The molecule has 35 heavy (non-hydrogen) atoms. The summed E-state index contributed by atoms with van der Waals surface area (Å²) in [5.41, 5.74) is 5.54. The van der Waals surface area contributed by atoms with Crippen LogP contribution in [0.5, 0.6) is 0 Å². The largest absolute Gasteiger partial charge is 0.355 e. The van der Waals surface area contributed by atoms with Gasteiger partial charge in [0.2, 0.25) is 11.8 Å². The van der Waals surface area contributed by atoms with Crippen LogP contribution in [0.25, 0.3) is 0 Å². The summed E-state index contributed by atoms with van der Waals surface area (Å²) in [6.07, 6.45) is 0.445. The van der Waals surface area contributed by atoms with Gasteiger partial charge in [-0.1, -0.05) is 83.4 Å². The van der Waals surface area contributed by atoms with Crippen LogP contribution in [-0.2, 0) is 28.3 Å². The Bertz CT molecular complexity index is 1120. The van der Waals surface area contributed by atoms with Crippen molar-refractivity contribution in [3.63, 3.8) is 0 Å². The van der Waals surface area contributed by atoms with Gasteiger partial charge in [0.05, 0.1) is 5.75 Å². The number of thioether (sulfide) groups is 1. The van der Waals surface area contributed by atoms with E-state index in [1.807, 2.05) is 61.5 Å². The van der Waals surface area contributed by atoms with Crippen LogP contribution in [0.3, 0.4) is 0 Å². The van der Waals surface area contributed by atoms with Crippen LogP contribution in [0.15, 0.2) is 72.8 Å². The molecule has 0 saturated carbocycles. The molecule has 6 heteroatoms. The number of aryl methyl sites for hydroxylation is 2. The summed E-state index contributed by atoms with van der Waals surface area (Å²) < 4.78 is 0. The Kier molecular flexibility index (Phi) is 10.2. The third-order valence-electron chi connectivity index (χ3n) is 5.64. The zero-order chi connectivity index (χ0) is 25.2. The first kappa shape index (κ1) is 26.8. The van der Waals surface area contributed by atoms with Gasteiger partial charge in [-0.15, -0.1) is 11.8 Å². The molecule has 1 N–H and O–H groups in total. The summed E-state index contributed by atoms with van der Waals surface area (Å²) in [4.78, 5) is 28.5. The van der Waals surface area contributed by atoms with Crippen molar-refractivity contribution in [2.24, 2.45) is 0 Å². The van der Waals surface area contributed by atoms with Crippen molar-refractivity contribution in [1.29, 1.82) is 0 Å². The van der Waals surface area contributed by atoms with E-state index in [2.05, 4.69) is 37.4 Å². The zero-order valence-corrected chi connectivity index (χ0v) is 22.2. The predicted octanol–water partition coefficient (Wildman–Crippen LogP) is 5.97. The van der Waals surface area contributed by atoms with Crippen LogP contribution in [0.1, 0.15) is 34.7 Å². The fourth-order valence-electron chi connectivity index (χ4n) is 4.17. The van der Waals surface area contributed by atoms with E-state index in [1.54, 1.807) is 16.7 Å². The highest BCUT2D eigenvalue weighted by atomic mass is 35.5. The molecule has 1 atom stereocenters. The number of nitrogens with one attached hydrogen (secondary N) is 1. The van der Waals surface area contributed by atoms with Gasteiger partial charge in [0.15, 0.2) is 0 Å². The number of nitrogens with zero attached hydrogens (tertiary/aromatic N) is 1. The van der Waals surface area contributed by atoms with Gasteiger partial charge in [0.25, 0.3) is 0 Å². The van der Waals surface area contributed by atoms with Crippen molar-refractivity contribution in [2.45, 2.75) is 45.5 Å². The second-order valence-electron chi connectivity index (χ2n) is 8.74. The lowest BCUT2D eigenvalue weighted by Gasteiger charge is -2.31. The fraction of sp³-hybridized carbons (Fsp3) is 0.310.